The second-order valence-electron chi connectivity index (χ2n) is 5.74. The van der Waals surface area contributed by atoms with E-state index in [0.717, 1.165) is 12.1 Å². The first-order valence-corrected chi connectivity index (χ1v) is 7.15. The van der Waals surface area contributed by atoms with Crippen LogP contribution in [0.1, 0.15) is 19.4 Å². The van der Waals surface area contributed by atoms with Crippen molar-refractivity contribution in [1.82, 2.24) is 10.2 Å². The van der Waals surface area contributed by atoms with Crippen molar-refractivity contribution in [3.8, 4) is 5.75 Å². The van der Waals surface area contributed by atoms with Gasteiger partial charge in [-0.1, -0.05) is 19.9 Å². The van der Waals surface area contributed by atoms with Gasteiger partial charge in [0.05, 0.1) is 4.92 Å². The summed E-state index contributed by atoms with van der Waals surface area (Å²) in [5, 5.41) is 14.4. The zero-order valence-electron chi connectivity index (χ0n) is 13.3. The lowest BCUT2D eigenvalue weighted by Gasteiger charge is -2.12. The van der Waals surface area contributed by atoms with Crippen LogP contribution >= 0.6 is 0 Å². The Morgan fingerprint density at radius 3 is 2.67 bits per heavy atom. The highest BCUT2D eigenvalue weighted by molar-refractivity contribution is 5.48. The molecule has 0 bridgehead atoms. The van der Waals surface area contributed by atoms with E-state index < -0.39 is 4.92 Å². The molecule has 0 heterocycles. The lowest BCUT2D eigenvalue weighted by Crippen LogP contribution is -2.20. The Hall–Kier alpha value is -1.66. The number of nitro benzene ring substituents is 1. The molecule has 118 valence electrons. The fourth-order valence-corrected chi connectivity index (χ4v) is 1.78. The van der Waals surface area contributed by atoms with Crippen LogP contribution in [0.15, 0.2) is 18.2 Å². The molecule has 1 N–H and O–H groups in total. The Balaban J connectivity index is 2.73. The van der Waals surface area contributed by atoms with Crippen LogP contribution in [-0.4, -0.2) is 43.6 Å². The topological polar surface area (TPSA) is 67.6 Å². The summed E-state index contributed by atoms with van der Waals surface area (Å²) in [6.45, 7) is 7.01. The zero-order valence-corrected chi connectivity index (χ0v) is 13.3. The van der Waals surface area contributed by atoms with E-state index >= 15 is 0 Å². The Morgan fingerprint density at radius 2 is 2.10 bits per heavy atom. The van der Waals surface area contributed by atoms with E-state index in [9.17, 15) is 10.1 Å². The molecule has 0 atom stereocenters. The van der Waals surface area contributed by atoms with Gasteiger partial charge in [0.25, 0.3) is 0 Å². The van der Waals surface area contributed by atoms with Crippen LogP contribution in [0.2, 0.25) is 0 Å². The summed E-state index contributed by atoms with van der Waals surface area (Å²) in [7, 11) is 3.87. The molecule has 0 saturated carbocycles. The van der Waals surface area contributed by atoms with Crippen molar-refractivity contribution in [2.24, 2.45) is 5.92 Å². The van der Waals surface area contributed by atoms with Gasteiger partial charge in [0, 0.05) is 19.2 Å². The maximum Gasteiger partial charge on any atom is 0.310 e. The van der Waals surface area contributed by atoms with Crippen LogP contribution in [0, 0.1) is 16.0 Å². The van der Waals surface area contributed by atoms with E-state index in [1.54, 1.807) is 12.1 Å². The van der Waals surface area contributed by atoms with Crippen LogP contribution in [0.3, 0.4) is 0 Å². The summed E-state index contributed by atoms with van der Waals surface area (Å²) in [5.41, 5.74) is 1.00. The molecule has 6 nitrogen and oxygen atoms in total. The van der Waals surface area contributed by atoms with Crippen molar-refractivity contribution in [2.45, 2.75) is 20.4 Å². The van der Waals surface area contributed by atoms with Crippen LogP contribution in [0.4, 0.5) is 5.69 Å². The lowest BCUT2D eigenvalue weighted by atomic mass is 10.1. The van der Waals surface area contributed by atoms with Crippen molar-refractivity contribution in [1.29, 1.82) is 0 Å². The third kappa shape index (κ3) is 6.55. The van der Waals surface area contributed by atoms with E-state index in [4.69, 9.17) is 4.74 Å². The quantitative estimate of drug-likeness (QED) is 0.559. The van der Waals surface area contributed by atoms with Crippen molar-refractivity contribution >= 4 is 5.69 Å². The number of nitrogens with one attached hydrogen (secondary N) is 1. The molecular weight excluding hydrogens is 270 g/mol. The van der Waals surface area contributed by atoms with E-state index in [-0.39, 0.29) is 5.69 Å². The molecule has 1 rings (SSSR count). The lowest BCUT2D eigenvalue weighted by molar-refractivity contribution is -0.385. The Kier molecular flexibility index (Phi) is 7.11. The van der Waals surface area contributed by atoms with Crippen LogP contribution in [0.25, 0.3) is 0 Å². The summed E-state index contributed by atoms with van der Waals surface area (Å²) < 4.78 is 5.57. The van der Waals surface area contributed by atoms with Crippen LogP contribution in [-0.2, 0) is 6.54 Å². The molecule has 6 heteroatoms. The molecule has 0 radical (unpaired) electrons. The molecule has 21 heavy (non-hydrogen) atoms. The molecule has 0 aromatic heterocycles. The van der Waals surface area contributed by atoms with Gasteiger partial charge in [-0.25, -0.2) is 0 Å². The predicted molar refractivity (Wildman–Crippen MR) is 83.7 cm³/mol. The average Bonchev–Trinajstić information content (AvgIpc) is 2.37. The Labute approximate surface area is 126 Å². The highest BCUT2D eigenvalue weighted by Crippen LogP contribution is 2.28. The minimum absolute atomic E-state index is 0.0152. The van der Waals surface area contributed by atoms with Gasteiger partial charge < -0.3 is 15.0 Å². The van der Waals surface area contributed by atoms with Gasteiger partial charge in [-0.05, 0) is 38.2 Å². The average molecular weight is 295 g/mol. The maximum atomic E-state index is 11.0. The number of likely N-dealkylation sites (N-methyl/N-ethyl adjacent to an activating group) is 1. The second-order valence-corrected chi connectivity index (χ2v) is 5.74. The number of hydrogen-bond acceptors (Lipinski definition) is 5. The highest BCUT2D eigenvalue weighted by atomic mass is 16.6. The smallest absolute Gasteiger partial charge is 0.310 e. The summed E-state index contributed by atoms with van der Waals surface area (Å²) >= 11 is 0. The minimum atomic E-state index is -0.406. The monoisotopic (exact) mass is 295 g/mol. The first-order chi connectivity index (χ1) is 9.90. The normalized spacial score (nSPS) is 11.1. The summed E-state index contributed by atoms with van der Waals surface area (Å²) in [5.74, 6) is 0.907. The number of hydrogen-bond donors (Lipinski definition) is 1. The van der Waals surface area contributed by atoms with Crippen molar-refractivity contribution < 1.29 is 9.66 Å². The van der Waals surface area contributed by atoms with Gasteiger partial charge in [-0.2, -0.15) is 0 Å². The van der Waals surface area contributed by atoms with Crippen molar-refractivity contribution in [3.63, 3.8) is 0 Å². The van der Waals surface area contributed by atoms with Gasteiger partial charge in [0.2, 0.25) is 0 Å². The third-order valence-corrected chi connectivity index (χ3v) is 2.90. The van der Waals surface area contributed by atoms with Crippen molar-refractivity contribution in [3.05, 3.63) is 33.9 Å². The fourth-order valence-electron chi connectivity index (χ4n) is 1.78. The maximum absolute atomic E-state index is 11.0. The molecular formula is C15H25N3O3. The minimum Gasteiger partial charge on any atom is -0.485 e. The molecule has 0 aliphatic carbocycles. The number of nitro groups is 1. The second kappa shape index (κ2) is 8.59. The molecule has 0 aliphatic heterocycles. The standard InChI is InChI=1S/C15H25N3O3/c1-12(2)10-16-11-13-5-6-14(18(19)20)15(9-13)21-8-7-17(3)4/h5-6,9,12,16H,7-8,10-11H2,1-4H3. The number of nitrogens with zero attached hydrogens (tertiary/aromatic N) is 2. The van der Waals surface area contributed by atoms with E-state index in [0.29, 0.717) is 31.4 Å². The molecule has 0 unspecified atom stereocenters. The Morgan fingerprint density at radius 1 is 1.38 bits per heavy atom. The van der Waals surface area contributed by atoms with Crippen LogP contribution < -0.4 is 10.1 Å². The van der Waals surface area contributed by atoms with Gasteiger partial charge in [0.1, 0.15) is 6.61 Å². The van der Waals surface area contributed by atoms with Gasteiger partial charge in [0.15, 0.2) is 5.75 Å². The first kappa shape index (κ1) is 17.4. The highest BCUT2D eigenvalue weighted by Gasteiger charge is 2.15. The zero-order chi connectivity index (χ0) is 15.8. The number of ether oxygens (including phenoxy) is 1. The van der Waals surface area contributed by atoms with Gasteiger partial charge >= 0.3 is 5.69 Å². The van der Waals surface area contributed by atoms with E-state index in [2.05, 4.69) is 19.2 Å². The Bertz CT molecular complexity index is 461. The fraction of sp³-hybridized carbons (Fsp3) is 0.600. The first-order valence-electron chi connectivity index (χ1n) is 7.15. The third-order valence-electron chi connectivity index (χ3n) is 2.90. The predicted octanol–water partition coefficient (Wildman–Crippen LogP) is 2.28. The van der Waals surface area contributed by atoms with E-state index in [1.807, 2.05) is 19.0 Å². The van der Waals surface area contributed by atoms with E-state index in [1.165, 1.54) is 6.07 Å². The molecule has 0 saturated heterocycles. The molecule has 1 aromatic rings. The van der Waals surface area contributed by atoms with Crippen molar-refractivity contribution in [2.75, 3.05) is 33.8 Å². The summed E-state index contributed by atoms with van der Waals surface area (Å²) in [6.07, 6.45) is 0. The summed E-state index contributed by atoms with van der Waals surface area (Å²) in [6, 6.07) is 5.03. The molecule has 0 spiro atoms. The molecule has 0 aliphatic rings. The molecule has 0 fully saturated rings. The van der Waals surface area contributed by atoms with Gasteiger partial charge in [-0.15, -0.1) is 0 Å². The number of rotatable bonds is 9. The summed E-state index contributed by atoms with van der Waals surface area (Å²) in [4.78, 5) is 12.6. The molecule has 1 aromatic carbocycles. The van der Waals surface area contributed by atoms with Gasteiger partial charge in [-0.3, -0.25) is 10.1 Å². The molecule has 0 amide bonds. The SMILES string of the molecule is CC(C)CNCc1ccc([N+](=O)[O-])c(OCCN(C)C)c1. The number of benzene rings is 1. The largest absolute Gasteiger partial charge is 0.485 e. The van der Waals surface area contributed by atoms with Crippen LogP contribution in [0.5, 0.6) is 5.75 Å².